The highest BCUT2D eigenvalue weighted by Crippen LogP contribution is 2.17. The van der Waals surface area contributed by atoms with E-state index >= 15 is 0 Å². The van der Waals surface area contributed by atoms with E-state index in [-0.39, 0.29) is 11.9 Å². The summed E-state index contributed by atoms with van der Waals surface area (Å²) in [4.78, 5) is 27.0. The minimum atomic E-state index is -2.67. The van der Waals surface area contributed by atoms with E-state index in [0.29, 0.717) is 63.6 Å². The summed E-state index contributed by atoms with van der Waals surface area (Å²) in [5.41, 5.74) is 0. The number of carbonyl (C=O) groups excluding carboxylic acids is 2. The zero-order valence-electron chi connectivity index (χ0n) is 25.0. The minimum absolute atomic E-state index is 0.182. The van der Waals surface area contributed by atoms with Crippen LogP contribution >= 0.6 is 0 Å². The highest BCUT2D eigenvalue weighted by atomic mass is 28.4. The van der Waals surface area contributed by atoms with E-state index in [2.05, 4.69) is 32.6 Å². The standard InChI is InChI=1S/C28H57NO7Si/c1-8-12-15-25(10-3)23-35-27(30)17-20-29(19-14-22-37(32-5,33-6)34-7)21-18-28(31)36-24-26(11-4)16-13-9-2/h25-26H,8-24H2,1-7H3. The molecule has 0 aromatic carbocycles. The van der Waals surface area contributed by atoms with Crippen LogP contribution in [0.1, 0.15) is 98.3 Å². The summed E-state index contributed by atoms with van der Waals surface area (Å²) in [5.74, 6) is 0.487. The van der Waals surface area contributed by atoms with Gasteiger partial charge in [-0.1, -0.05) is 66.2 Å². The first kappa shape index (κ1) is 36.0. The molecule has 0 aromatic rings. The molecule has 0 aliphatic rings. The van der Waals surface area contributed by atoms with Crippen LogP contribution in [0.3, 0.4) is 0 Å². The Hall–Kier alpha value is -1.00. The number of unbranched alkanes of at least 4 members (excludes halogenated alkanes) is 2. The molecule has 2 unspecified atom stereocenters. The largest absolute Gasteiger partial charge is 0.500 e. The van der Waals surface area contributed by atoms with Crippen molar-refractivity contribution in [3.63, 3.8) is 0 Å². The molecule has 0 aliphatic carbocycles. The minimum Gasteiger partial charge on any atom is -0.465 e. The van der Waals surface area contributed by atoms with Gasteiger partial charge in [-0.25, -0.2) is 0 Å². The van der Waals surface area contributed by atoms with Gasteiger partial charge in [0.15, 0.2) is 0 Å². The molecular weight excluding hydrogens is 490 g/mol. The lowest BCUT2D eigenvalue weighted by Crippen LogP contribution is -2.43. The monoisotopic (exact) mass is 547 g/mol. The lowest BCUT2D eigenvalue weighted by atomic mass is 10.0. The van der Waals surface area contributed by atoms with Crippen molar-refractivity contribution >= 4 is 20.7 Å². The van der Waals surface area contributed by atoms with Gasteiger partial charge in [0, 0.05) is 40.5 Å². The average molecular weight is 548 g/mol. The van der Waals surface area contributed by atoms with E-state index in [1.54, 1.807) is 21.3 Å². The smallest absolute Gasteiger partial charge is 0.465 e. The van der Waals surface area contributed by atoms with Crippen LogP contribution < -0.4 is 0 Å². The topological polar surface area (TPSA) is 83.5 Å². The van der Waals surface area contributed by atoms with Gasteiger partial charge in [-0.05, 0) is 37.6 Å². The zero-order valence-corrected chi connectivity index (χ0v) is 26.0. The Balaban J connectivity index is 4.80. The van der Waals surface area contributed by atoms with E-state index in [4.69, 9.17) is 22.8 Å². The van der Waals surface area contributed by atoms with Crippen LogP contribution in [0.4, 0.5) is 0 Å². The average Bonchev–Trinajstić information content (AvgIpc) is 2.92. The van der Waals surface area contributed by atoms with Crippen LogP contribution in [0.5, 0.6) is 0 Å². The lowest BCUT2D eigenvalue weighted by molar-refractivity contribution is -0.145. The van der Waals surface area contributed by atoms with Crippen molar-refractivity contribution in [2.24, 2.45) is 11.8 Å². The van der Waals surface area contributed by atoms with Crippen molar-refractivity contribution in [3.8, 4) is 0 Å². The zero-order chi connectivity index (χ0) is 27.9. The number of rotatable bonds is 25. The third kappa shape index (κ3) is 17.3. The van der Waals surface area contributed by atoms with Crippen molar-refractivity contribution in [1.29, 1.82) is 0 Å². The maximum atomic E-state index is 12.5. The van der Waals surface area contributed by atoms with Gasteiger partial charge in [-0.2, -0.15) is 0 Å². The molecule has 0 bridgehead atoms. The van der Waals surface area contributed by atoms with Gasteiger partial charge in [0.05, 0.1) is 26.1 Å². The third-order valence-electron chi connectivity index (χ3n) is 7.20. The number of nitrogens with zero attached hydrogens (tertiary/aromatic N) is 1. The molecular formula is C28H57NO7Si. The molecule has 0 fully saturated rings. The molecule has 0 saturated carbocycles. The van der Waals surface area contributed by atoms with Crippen molar-refractivity contribution in [1.82, 2.24) is 4.90 Å². The summed E-state index contributed by atoms with van der Waals surface area (Å²) in [6.45, 7) is 11.4. The fourth-order valence-corrected chi connectivity index (χ4v) is 5.98. The molecule has 0 N–H and O–H groups in total. The summed E-state index contributed by atoms with van der Waals surface area (Å²) in [5, 5.41) is 0. The summed E-state index contributed by atoms with van der Waals surface area (Å²) in [6.07, 6.45) is 10.2. The van der Waals surface area contributed by atoms with Crippen LogP contribution in [0.25, 0.3) is 0 Å². The number of ether oxygens (including phenoxy) is 2. The van der Waals surface area contributed by atoms with Gasteiger partial charge in [0.1, 0.15) is 0 Å². The Labute approximate surface area is 228 Å². The van der Waals surface area contributed by atoms with Gasteiger partial charge in [-0.3, -0.25) is 9.59 Å². The number of hydrogen-bond donors (Lipinski definition) is 0. The van der Waals surface area contributed by atoms with Crippen molar-refractivity contribution < 1.29 is 32.3 Å². The Morgan fingerprint density at radius 1 is 0.676 bits per heavy atom. The molecule has 0 heterocycles. The Kier molecular flexibility index (Phi) is 22.3. The second-order valence-corrected chi connectivity index (χ2v) is 13.0. The van der Waals surface area contributed by atoms with E-state index in [1.807, 2.05) is 0 Å². The quantitative estimate of drug-likeness (QED) is 0.104. The molecule has 0 aromatic heterocycles. The first-order valence-corrected chi connectivity index (χ1v) is 16.5. The van der Waals surface area contributed by atoms with Gasteiger partial charge in [-0.15, -0.1) is 0 Å². The Morgan fingerprint density at radius 3 is 1.46 bits per heavy atom. The van der Waals surface area contributed by atoms with E-state index in [9.17, 15) is 9.59 Å². The molecule has 0 rings (SSSR count). The first-order valence-electron chi connectivity index (χ1n) is 14.5. The first-order chi connectivity index (χ1) is 17.8. The van der Waals surface area contributed by atoms with Crippen LogP contribution in [0.15, 0.2) is 0 Å². The fraction of sp³-hybridized carbons (Fsp3) is 0.929. The third-order valence-corrected chi connectivity index (χ3v) is 10.0. The summed E-state index contributed by atoms with van der Waals surface area (Å²) >= 11 is 0. The second-order valence-electron chi connectivity index (χ2n) is 9.94. The molecule has 9 heteroatoms. The molecule has 220 valence electrons. The summed E-state index contributed by atoms with van der Waals surface area (Å²) in [6, 6.07) is 0.660. The predicted molar refractivity (Wildman–Crippen MR) is 150 cm³/mol. The molecule has 0 saturated heterocycles. The van der Waals surface area contributed by atoms with E-state index in [1.165, 1.54) is 0 Å². The summed E-state index contributed by atoms with van der Waals surface area (Å²) < 4.78 is 27.7. The van der Waals surface area contributed by atoms with Crippen molar-refractivity contribution in [3.05, 3.63) is 0 Å². The molecule has 0 amide bonds. The Morgan fingerprint density at radius 2 is 1.11 bits per heavy atom. The van der Waals surface area contributed by atoms with E-state index in [0.717, 1.165) is 57.8 Å². The van der Waals surface area contributed by atoms with Crippen LogP contribution in [0.2, 0.25) is 6.04 Å². The normalized spacial score (nSPS) is 13.5. The maximum Gasteiger partial charge on any atom is 0.500 e. The number of esters is 2. The maximum absolute atomic E-state index is 12.5. The fourth-order valence-electron chi connectivity index (χ4n) is 4.27. The van der Waals surface area contributed by atoms with Crippen LogP contribution in [0, 0.1) is 11.8 Å². The Bertz CT molecular complexity index is 530. The molecule has 37 heavy (non-hydrogen) atoms. The van der Waals surface area contributed by atoms with Gasteiger partial charge in [0.2, 0.25) is 0 Å². The van der Waals surface area contributed by atoms with Gasteiger partial charge in [0.25, 0.3) is 0 Å². The highest BCUT2D eigenvalue weighted by molar-refractivity contribution is 6.60. The molecule has 0 radical (unpaired) electrons. The number of carbonyl (C=O) groups is 2. The molecule has 0 spiro atoms. The SMILES string of the molecule is CCCCC(CC)COC(=O)CCN(CCC[Si](OC)(OC)OC)CCC(=O)OCC(CC)CCCC. The molecule has 2 atom stereocenters. The van der Waals surface area contributed by atoms with Crippen molar-refractivity contribution in [2.75, 3.05) is 54.2 Å². The predicted octanol–water partition coefficient (Wildman–Crippen LogP) is 5.86. The lowest BCUT2D eigenvalue weighted by Gasteiger charge is -2.26. The molecule has 8 nitrogen and oxygen atoms in total. The molecule has 0 aliphatic heterocycles. The number of hydrogen-bond acceptors (Lipinski definition) is 8. The van der Waals surface area contributed by atoms with Crippen LogP contribution in [-0.2, 0) is 32.3 Å². The summed E-state index contributed by atoms with van der Waals surface area (Å²) in [7, 11) is 2.16. The van der Waals surface area contributed by atoms with E-state index < -0.39 is 8.80 Å². The van der Waals surface area contributed by atoms with Gasteiger partial charge < -0.3 is 27.7 Å². The van der Waals surface area contributed by atoms with Crippen molar-refractivity contribution in [2.45, 2.75) is 104 Å². The van der Waals surface area contributed by atoms with Gasteiger partial charge >= 0.3 is 20.7 Å². The van der Waals surface area contributed by atoms with Crippen LogP contribution in [-0.4, -0.2) is 79.8 Å². The highest BCUT2D eigenvalue weighted by Gasteiger charge is 2.37. The second kappa shape index (κ2) is 22.9.